The van der Waals surface area contributed by atoms with E-state index in [1.54, 1.807) is 24.3 Å². The van der Waals surface area contributed by atoms with Crippen LogP contribution in [0, 0.1) is 0 Å². The first-order valence-corrected chi connectivity index (χ1v) is 2.69. The summed E-state index contributed by atoms with van der Waals surface area (Å²) in [6.45, 7) is 0.264. The number of aliphatic hydroxyl groups is 1. The van der Waals surface area contributed by atoms with E-state index in [9.17, 15) is 0 Å². The van der Waals surface area contributed by atoms with Crippen LogP contribution in [-0.4, -0.2) is 11.6 Å². The van der Waals surface area contributed by atoms with Gasteiger partial charge in [-0.3, -0.25) is 0 Å². The van der Waals surface area contributed by atoms with Crippen molar-refractivity contribution in [2.45, 2.75) is 6.61 Å². The minimum Gasteiger partial charge on any atom is -0.508 e. The number of hydrogen-bond acceptors (Lipinski definition) is 2. The second-order valence-corrected chi connectivity index (χ2v) is 1.81. The molecular formula is C7H8O2. The number of aromatic hydroxyl groups is 1. The summed E-state index contributed by atoms with van der Waals surface area (Å²) in [7, 11) is 0. The topological polar surface area (TPSA) is 40.5 Å². The molecule has 0 saturated heterocycles. The Morgan fingerprint density at radius 3 is 2.56 bits per heavy atom. The van der Waals surface area contributed by atoms with Crippen LogP contribution in [0.5, 0.6) is 5.75 Å². The van der Waals surface area contributed by atoms with Crippen molar-refractivity contribution in [3.05, 3.63) is 29.8 Å². The molecule has 0 bridgehead atoms. The van der Waals surface area contributed by atoms with Crippen molar-refractivity contribution in [1.82, 2.24) is 0 Å². The van der Waals surface area contributed by atoms with Crippen LogP contribution >= 0.6 is 0 Å². The standard InChI is InChI=1S/C7H8O2/c8-5-6-1-3-7(9)4-2-6/h1-4,8-9H,5H2/i8T. The van der Waals surface area contributed by atoms with Gasteiger partial charge in [-0.25, -0.2) is 0 Å². The van der Waals surface area contributed by atoms with Crippen molar-refractivity contribution in [3.63, 3.8) is 0 Å². The van der Waals surface area contributed by atoms with Gasteiger partial charge in [-0.05, 0) is 17.7 Å². The minimum atomic E-state index is 0.230. The monoisotopic (exact) mass is 126 g/mol. The van der Waals surface area contributed by atoms with Crippen LogP contribution in [0.4, 0.5) is 0 Å². The lowest BCUT2D eigenvalue weighted by atomic mass is 10.2. The molecule has 1 aromatic rings. The predicted octanol–water partition coefficient (Wildman–Crippen LogP) is 0.885. The van der Waals surface area contributed by atoms with E-state index in [2.05, 4.69) is 5.11 Å². The molecule has 0 aliphatic heterocycles. The average Bonchev–Trinajstić information content (AvgIpc) is 1.95. The van der Waals surface area contributed by atoms with Crippen LogP contribution in [0.3, 0.4) is 0 Å². The van der Waals surface area contributed by atoms with Crippen molar-refractivity contribution in [2.24, 2.45) is 0 Å². The first kappa shape index (κ1) is 4.82. The summed E-state index contributed by atoms with van der Waals surface area (Å²) in [5.74, 6) is 0.230. The van der Waals surface area contributed by atoms with Gasteiger partial charge in [-0.1, -0.05) is 12.1 Å². The predicted molar refractivity (Wildman–Crippen MR) is 34.0 cm³/mol. The zero-order chi connectivity index (χ0) is 7.40. The highest BCUT2D eigenvalue weighted by molar-refractivity contribution is 5.25. The van der Waals surface area contributed by atoms with Crippen LogP contribution in [0.2, 0.25) is 0 Å². The molecule has 2 heteroatoms. The fourth-order valence-electron chi connectivity index (χ4n) is 0.592. The number of benzene rings is 1. The van der Waals surface area contributed by atoms with Crippen LogP contribution < -0.4 is 0 Å². The van der Waals surface area contributed by atoms with Crippen LogP contribution in [0.25, 0.3) is 0 Å². The van der Waals surface area contributed by atoms with Gasteiger partial charge >= 0.3 is 0 Å². The molecule has 0 spiro atoms. The lowest BCUT2D eigenvalue weighted by Gasteiger charge is -1.93. The zero-order valence-electron chi connectivity index (χ0n) is 5.87. The SMILES string of the molecule is [3H]OCc1ccc(O)cc1. The highest BCUT2D eigenvalue weighted by Crippen LogP contribution is 2.08. The molecule has 0 fully saturated rings. The Morgan fingerprint density at radius 1 is 1.33 bits per heavy atom. The highest BCUT2D eigenvalue weighted by atomic mass is 16.3. The maximum absolute atomic E-state index is 8.84. The molecule has 9 heavy (non-hydrogen) atoms. The maximum atomic E-state index is 8.84. The van der Waals surface area contributed by atoms with Crippen molar-refractivity contribution in [3.8, 4) is 5.75 Å². The van der Waals surface area contributed by atoms with Gasteiger partial charge in [0.2, 0.25) is 1.43 Å². The molecule has 0 aliphatic rings. The fourth-order valence-corrected chi connectivity index (χ4v) is 0.592. The Balaban J connectivity index is 2.69. The number of aliphatic hydroxyl groups excluding tert-OH is 1. The van der Waals surface area contributed by atoms with Crippen LogP contribution in [0.1, 0.15) is 5.56 Å². The normalized spacial score (nSPS) is 10.9. The van der Waals surface area contributed by atoms with Gasteiger partial charge in [0.05, 0.1) is 6.61 Å². The van der Waals surface area contributed by atoms with E-state index in [0.29, 0.717) is 0 Å². The van der Waals surface area contributed by atoms with E-state index < -0.39 is 0 Å². The molecule has 0 heterocycles. The van der Waals surface area contributed by atoms with Crippen molar-refractivity contribution in [2.75, 3.05) is 0 Å². The van der Waals surface area contributed by atoms with E-state index in [0.717, 1.165) is 5.56 Å². The minimum absolute atomic E-state index is 0.230. The summed E-state index contributed by atoms with van der Waals surface area (Å²) >= 11 is 0. The van der Waals surface area contributed by atoms with Crippen LogP contribution in [0.15, 0.2) is 24.3 Å². The third-order valence-electron chi connectivity index (χ3n) is 1.10. The Kier molecular flexibility index (Phi) is 1.34. The highest BCUT2D eigenvalue weighted by Gasteiger charge is 1.87. The molecule has 2 nitrogen and oxygen atoms in total. The fraction of sp³-hybridized carbons (Fsp3) is 0.143. The van der Waals surface area contributed by atoms with E-state index in [1.165, 1.54) is 0 Å². The molecule has 1 aromatic carbocycles. The van der Waals surface area contributed by atoms with E-state index in [1.807, 2.05) is 0 Å². The van der Waals surface area contributed by atoms with E-state index in [4.69, 9.17) is 6.54 Å². The largest absolute Gasteiger partial charge is 0.508 e. The van der Waals surface area contributed by atoms with Gasteiger partial charge in [0.25, 0.3) is 0 Å². The Bertz CT molecular complexity index is 195. The third kappa shape index (κ3) is 1.44. The summed E-state index contributed by atoms with van der Waals surface area (Å²) in [4.78, 5) is 0. The molecule has 0 radical (unpaired) electrons. The summed E-state index contributed by atoms with van der Waals surface area (Å²) in [5, 5.41) is 13.0. The molecular weight excluding hydrogens is 116 g/mol. The van der Waals surface area contributed by atoms with E-state index in [-0.39, 0.29) is 12.4 Å². The maximum Gasteiger partial charge on any atom is 0.211 e. The lowest BCUT2D eigenvalue weighted by molar-refractivity contribution is 0.281. The molecule has 0 saturated carbocycles. The molecule has 0 atom stereocenters. The Hall–Kier alpha value is -1.02. The van der Waals surface area contributed by atoms with E-state index >= 15 is 0 Å². The third-order valence-corrected chi connectivity index (χ3v) is 1.10. The second kappa shape index (κ2) is 2.51. The van der Waals surface area contributed by atoms with Crippen molar-refractivity contribution >= 4 is 0 Å². The molecule has 0 amide bonds. The van der Waals surface area contributed by atoms with Gasteiger partial charge in [0, 0.05) is 0 Å². The van der Waals surface area contributed by atoms with Crippen LogP contribution in [-0.2, 0) is 6.61 Å². The van der Waals surface area contributed by atoms with Gasteiger partial charge in [-0.2, -0.15) is 0 Å². The summed E-state index contributed by atoms with van der Waals surface area (Å²) in [6, 6.07) is 6.55. The summed E-state index contributed by atoms with van der Waals surface area (Å²) in [6.07, 6.45) is 0. The number of phenolic OH excluding ortho intramolecular Hbond substituents is 1. The lowest BCUT2D eigenvalue weighted by Crippen LogP contribution is -1.78. The quantitative estimate of drug-likeness (QED) is 0.617. The zero-order valence-corrected chi connectivity index (χ0v) is 4.87. The first-order valence-electron chi connectivity index (χ1n) is 3.10. The van der Waals surface area contributed by atoms with Gasteiger partial charge in [0.15, 0.2) is 0 Å². The summed E-state index contributed by atoms with van der Waals surface area (Å²) < 4.78 is 6.43. The number of phenols is 1. The Labute approximate surface area is 54.9 Å². The summed E-state index contributed by atoms with van der Waals surface area (Å²) in [5.41, 5.74) is 0.882. The first-order chi connectivity index (χ1) is 4.83. The second-order valence-electron chi connectivity index (χ2n) is 1.81. The number of rotatable bonds is 2. The molecule has 0 aliphatic carbocycles. The number of hydrogen-bond donors (Lipinski definition) is 2. The van der Waals surface area contributed by atoms with Crippen molar-refractivity contribution in [1.29, 1.82) is 1.43 Å². The van der Waals surface area contributed by atoms with Crippen molar-refractivity contribution < 1.29 is 10.2 Å². The molecule has 0 unspecified atom stereocenters. The smallest absolute Gasteiger partial charge is 0.211 e. The van der Waals surface area contributed by atoms with Gasteiger partial charge in [-0.15, -0.1) is 0 Å². The van der Waals surface area contributed by atoms with Gasteiger partial charge < -0.3 is 10.2 Å². The molecule has 48 valence electrons. The average molecular weight is 126 g/mol. The molecule has 0 aromatic heterocycles. The Morgan fingerprint density at radius 2 is 2.00 bits per heavy atom. The molecule has 1 rings (SSSR count). The molecule has 2 N–H and O–H groups in total. The van der Waals surface area contributed by atoms with Gasteiger partial charge in [0.1, 0.15) is 5.75 Å².